The molecule has 1 aliphatic heterocycles. The van der Waals surface area contributed by atoms with Crippen molar-refractivity contribution in [3.05, 3.63) is 60.2 Å². The van der Waals surface area contributed by atoms with Crippen molar-refractivity contribution in [3.8, 4) is 11.5 Å². The smallest absolute Gasteiger partial charge is 0.260 e. The van der Waals surface area contributed by atoms with Gasteiger partial charge in [0.25, 0.3) is 5.91 Å². The zero-order valence-corrected chi connectivity index (χ0v) is 17.2. The SMILES string of the molecule is CCOc1ccc2ccccc2c1C(=O)Nc1ccc2c(c1)NC(=O)C(C)(C)CO2. The van der Waals surface area contributed by atoms with Crippen LogP contribution in [0.15, 0.2) is 54.6 Å². The van der Waals surface area contributed by atoms with Crippen LogP contribution < -0.4 is 20.1 Å². The van der Waals surface area contributed by atoms with Gasteiger partial charge in [0.05, 0.1) is 23.3 Å². The first-order chi connectivity index (χ1) is 14.4. The summed E-state index contributed by atoms with van der Waals surface area (Å²) in [5.41, 5.74) is 0.924. The van der Waals surface area contributed by atoms with Crippen LogP contribution in [-0.4, -0.2) is 25.0 Å². The molecule has 3 aromatic rings. The standard InChI is InChI=1S/C24H24N2O4/c1-4-29-20-11-9-15-7-5-6-8-17(15)21(20)22(27)25-16-10-12-19-18(13-16)26-23(28)24(2,3)14-30-19/h5-13H,4,14H2,1-3H3,(H,25,27)(H,26,28). The highest BCUT2D eigenvalue weighted by atomic mass is 16.5. The fraction of sp³-hybridized carbons (Fsp3) is 0.250. The lowest BCUT2D eigenvalue weighted by atomic mass is 9.94. The van der Waals surface area contributed by atoms with Crippen LogP contribution in [0, 0.1) is 5.41 Å². The molecule has 2 amide bonds. The number of fused-ring (bicyclic) bond motifs is 2. The Morgan fingerprint density at radius 3 is 2.77 bits per heavy atom. The molecular formula is C24H24N2O4. The molecule has 0 aliphatic carbocycles. The van der Waals surface area contributed by atoms with Gasteiger partial charge in [0.1, 0.15) is 18.1 Å². The Labute approximate surface area is 175 Å². The Morgan fingerprint density at radius 2 is 1.97 bits per heavy atom. The molecule has 0 bridgehead atoms. The summed E-state index contributed by atoms with van der Waals surface area (Å²) in [7, 11) is 0. The van der Waals surface area contributed by atoms with Gasteiger partial charge in [-0.2, -0.15) is 0 Å². The molecule has 0 radical (unpaired) electrons. The van der Waals surface area contributed by atoms with Crippen LogP contribution in [0.3, 0.4) is 0 Å². The van der Waals surface area contributed by atoms with E-state index in [0.29, 0.717) is 35.0 Å². The van der Waals surface area contributed by atoms with Gasteiger partial charge in [-0.25, -0.2) is 0 Å². The van der Waals surface area contributed by atoms with Gasteiger partial charge in [0, 0.05) is 5.69 Å². The summed E-state index contributed by atoms with van der Waals surface area (Å²) in [5.74, 6) is 0.697. The quantitative estimate of drug-likeness (QED) is 0.652. The maximum absolute atomic E-state index is 13.2. The van der Waals surface area contributed by atoms with Crippen LogP contribution in [0.25, 0.3) is 10.8 Å². The van der Waals surface area contributed by atoms with Gasteiger partial charge in [0.2, 0.25) is 5.91 Å². The van der Waals surface area contributed by atoms with Crippen molar-refractivity contribution in [3.63, 3.8) is 0 Å². The first-order valence-electron chi connectivity index (χ1n) is 9.93. The molecule has 2 N–H and O–H groups in total. The number of nitrogens with one attached hydrogen (secondary N) is 2. The van der Waals surface area contributed by atoms with Gasteiger partial charge in [-0.15, -0.1) is 0 Å². The molecular weight excluding hydrogens is 380 g/mol. The Morgan fingerprint density at radius 1 is 1.17 bits per heavy atom. The first kappa shape index (κ1) is 19.8. The maximum Gasteiger partial charge on any atom is 0.260 e. The Bertz CT molecular complexity index is 1140. The van der Waals surface area contributed by atoms with Gasteiger partial charge in [-0.1, -0.05) is 30.3 Å². The van der Waals surface area contributed by atoms with Gasteiger partial charge in [-0.05, 0) is 55.8 Å². The van der Waals surface area contributed by atoms with E-state index in [1.165, 1.54) is 0 Å². The number of anilines is 2. The largest absolute Gasteiger partial charge is 0.493 e. The van der Waals surface area contributed by atoms with Crippen molar-refractivity contribution in [1.82, 2.24) is 0 Å². The van der Waals surface area contributed by atoms with E-state index in [1.807, 2.05) is 57.2 Å². The predicted molar refractivity (Wildman–Crippen MR) is 117 cm³/mol. The average molecular weight is 404 g/mol. The van der Waals surface area contributed by atoms with Crippen LogP contribution in [0.5, 0.6) is 11.5 Å². The van der Waals surface area contributed by atoms with Crippen molar-refractivity contribution in [2.75, 3.05) is 23.8 Å². The third-order valence-corrected chi connectivity index (χ3v) is 5.11. The zero-order chi connectivity index (χ0) is 21.3. The molecule has 4 rings (SSSR count). The molecule has 6 nitrogen and oxygen atoms in total. The van der Waals surface area contributed by atoms with E-state index in [1.54, 1.807) is 18.2 Å². The first-order valence-corrected chi connectivity index (χ1v) is 9.93. The van der Waals surface area contributed by atoms with Crippen molar-refractivity contribution in [1.29, 1.82) is 0 Å². The summed E-state index contributed by atoms with van der Waals surface area (Å²) in [6.07, 6.45) is 0. The summed E-state index contributed by atoms with van der Waals surface area (Å²) < 4.78 is 11.5. The minimum Gasteiger partial charge on any atom is -0.493 e. The van der Waals surface area contributed by atoms with Crippen LogP contribution in [0.1, 0.15) is 31.1 Å². The molecule has 0 aromatic heterocycles. The van der Waals surface area contributed by atoms with E-state index in [2.05, 4.69) is 10.6 Å². The van der Waals surface area contributed by atoms with Crippen LogP contribution >= 0.6 is 0 Å². The lowest BCUT2D eigenvalue weighted by Crippen LogP contribution is -2.33. The Balaban J connectivity index is 1.67. The van der Waals surface area contributed by atoms with Crippen molar-refractivity contribution in [2.24, 2.45) is 5.41 Å². The third-order valence-electron chi connectivity index (χ3n) is 5.11. The number of benzene rings is 3. The number of amides is 2. The summed E-state index contributed by atoms with van der Waals surface area (Å²) in [5, 5.41) is 7.59. The van der Waals surface area contributed by atoms with Crippen molar-refractivity contribution < 1.29 is 19.1 Å². The highest BCUT2D eigenvalue weighted by Crippen LogP contribution is 2.35. The molecule has 0 saturated carbocycles. The lowest BCUT2D eigenvalue weighted by Gasteiger charge is -2.18. The van der Waals surface area contributed by atoms with Crippen LogP contribution in [-0.2, 0) is 4.79 Å². The second-order valence-electron chi connectivity index (χ2n) is 7.88. The second-order valence-corrected chi connectivity index (χ2v) is 7.88. The molecule has 30 heavy (non-hydrogen) atoms. The Hall–Kier alpha value is -3.54. The van der Waals surface area contributed by atoms with Crippen LogP contribution in [0.2, 0.25) is 0 Å². The molecule has 0 fully saturated rings. The second kappa shape index (κ2) is 7.71. The van der Waals surface area contributed by atoms with Crippen LogP contribution in [0.4, 0.5) is 11.4 Å². The summed E-state index contributed by atoms with van der Waals surface area (Å²) >= 11 is 0. The van der Waals surface area contributed by atoms with E-state index in [-0.39, 0.29) is 18.4 Å². The molecule has 154 valence electrons. The molecule has 0 spiro atoms. The third kappa shape index (κ3) is 3.68. The fourth-order valence-electron chi connectivity index (χ4n) is 3.40. The van der Waals surface area contributed by atoms with Crippen molar-refractivity contribution >= 4 is 34.0 Å². The highest BCUT2D eigenvalue weighted by Gasteiger charge is 2.32. The molecule has 6 heteroatoms. The molecule has 1 aliphatic rings. The monoisotopic (exact) mass is 404 g/mol. The Kier molecular flexibility index (Phi) is 5.08. The van der Waals surface area contributed by atoms with E-state index in [9.17, 15) is 9.59 Å². The average Bonchev–Trinajstić information content (AvgIpc) is 2.83. The van der Waals surface area contributed by atoms with E-state index < -0.39 is 5.41 Å². The number of ether oxygens (including phenoxy) is 2. The van der Waals surface area contributed by atoms with E-state index in [4.69, 9.17) is 9.47 Å². The van der Waals surface area contributed by atoms with Gasteiger partial charge in [0.15, 0.2) is 0 Å². The zero-order valence-electron chi connectivity index (χ0n) is 17.2. The summed E-state index contributed by atoms with van der Waals surface area (Å²) in [6, 6.07) is 16.7. The van der Waals surface area contributed by atoms with E-state index >= 15 is 0 Å². The number of hydrogen-bond acceptors (Lipinski definition) is 4. The van der Waals surface area contributed by atoms with E-state index in [0.717, 1.165) is 10.8 Å². The topological polar surface area (TPSA) is 76.7 Å². The normalized spacial score (nSPS) is 14.8. The van der Waals surface area contributed by atoms with Gasteiger partial charge < -0.3 is 20.1 Å². The number of carbonyl (C=O) groups is 2. The minimum absolute atomic E-state index is 0.127. The predicted octanol–water partition coefficient (Wildman–Crippen LogP) is 4.85. The lowest BCUT2D eigenvalue weighted by molar-refractivity contribution is -0.124. The summed E-state index contributed by atoms with van der Waals surface area (Å²) in [4.78, 5) is 25.6. The minimum atomic E-state index is -0.641. The molecule has 0 atom stereocenters. The van der Waals surface area contributed by atoms with Crippen molar-refractivity contribution in [2.45, 2.75) is 20.8 Å². The summed E-state index contributed by atoms with van der Waals surface area (Å²) in [6.45, 7) is 6.27. The fourth-order valence-corrected chi connectivity index (χ4v) is 3.40. The molecule has 3 aromatic carbocycles. The number of rotatable bonds is 4. The van der Waals surface area contributed by atoms with Gasteiger partial charge in [-0.3, -0.25) is 9.59 Å². The maximum atomic E-state index is 13.2. The molecule has 1 heterocycles. The highest BCUT2D eigenvalue weighted by molar-refractivity contribution is 6.15. The number of carbonyl (C=O) groups excluding carboxylic acids is 2. The molecule has 0 unspecified atom stereocenters. The number of hydrogen-bond donors (Lipinski definition) is 2. The molecule has 0 saturated heterocycles. The van der Waals surface area contributed by atoms with Gasteiger partial charge >= 0.3 is 0 Å².